The van der Waals surface area contributed by atoms with Gasteiger partial charge in [0.1, 0.15) is 0 Å². The quantitative estimate of drug-likeness (QED) is 0.774. The van der Waals surface area contributed by atoms with E-state index in [0.29, 0.717) is 12.5 Å². The molecule has 4 heteroatoms. The largest absolute Gasteiger partial charge is 0.373 e. The number of nitrogens with zero attached hydrogens (tertiary/aromatic N) is 1. The van der Waals surface area contributed by atoms with Crippen molar-refractivity contribution in [2.24, 2.45) is 5.92 Å². The molecule has 2 fully saturated rings. The van der Waals surface area contributed by atoms with Gasteiger partial charge in [0.2, 0.25) is 5.91 Å². The molecule has 1 unspecified atom stereocenters. The molecule has 0 spiro atoms. The molecule has 4 nitrogen and oxygen atoms in total. The van der Waals surface area contributed by atoms with E-state index in [-0.39, 0.29) is 12.0 Å². The summed E-state index contributed by atoms with van der Waals surface area (Å²) in [6, 6.07) is 0. The van der Waals surface area contributed by atoms with Crippen LogP contribution in [-0.2, 0) is 9.53 Å². The van der Waals surface area contributed by atoms with E-state index in [2.05, 4.69) is 5.32 Å². The van der Waals surface area contributed by atoms with Crippen molar-refractivity contribution in [1.29, 1.82) is 0 Å². The molecular weight excluding hydrogens is 228 g/mol. The Morgan fingerprint density at radius 1 is 1.28 bits per heavy atom. The van der Waals surface area contributed by atoms with Crippen LogP contribution in [0.1, 0.15) is 38.5 Å². The summed E-state index contributed by atoms with van der Waals surface area (Å²) in [6.45, 7) is 3.05. The molecule has 1 saturated heterocycles. The summed E-state index contributed by atoms with van der Waals surface area (Å²) >= 11 is 0. The van der Waals surface area contributed by atoms with Gasteiger partial charge < -0.3 is 15.0 Å². The molecule has 0 bridgehead atoms. The number of hydrogen-bond donors (Lipinski definition) is 1. The first-order valence-corrected chi connectivity index (χ1v) is 7.36. The Morgan fingerprint density at radius 3 is 2.67 bits per heavy atom. The molecule has 1 aliphatic heterocycles. The van der Waals surface area contributed by atoms with Crippen molar-refractivity contribution in [3.8, 4) is 0 Å². The third-order valence-electron chi connectivity index (χ3n) is 4.09. The van der Waals surface area contributed by atoms with Crippen LogP contribution >= 0.6 is 0 Å². The Hall–Kier alpha value is -0.610. The number of morpholine rings is 1. The summed E-state index contributed by atoms with van der Waals surface area (Å²) in [5.74, 6) is 0.655. The number of amides is 1. The monoisotopic (exact) mass is 254 g/mol. The molecule has 104 valence electrons. The molecule has 2 aliphatic rings. The molecule has 0 aromatic heterocycles. The molecule has 1 saturated carbocycles. The number of nitrogens with one attached hydrogen (secondary N) is 1. The average Bonchev–Trinajstić information content (AvgIpc) is 2.67. The predicted octanol–water partition coefficient (Wildman–Crippen LogP) is 1.40. The van der Waals surface area contributed by atoms with Crippen LogP contribution in [0.15, 0.2) is 0 Å². The number of carbonyl (C=O) groups is 1. The zero-order valence-corrected chi connectivity index (χ0v) is 11.5. The van der Waals surface area contributed by atoms with E-state index in [9.17, 15) is 4.79 Å². The van der Waals surface area contributed by atoms with Crippen LogP contribution in [0.5, 0.6) is 0 Å². The maximum atomic E-state index is 12.5. The Bertz CT molecular complexity index is 261. The minimum absolute atomic E-state index is 0.165. The number of hydrogen-bond acceptors (Lipinski definition) is 3. The summed E-state index contributed by atoms with van der Waals surface area (Å²) in [5, 5.41) is 3.12. The van der Waals surface area contributed by atoms with Gasteiger partial charge >= 0.3 is 0 Å². The first-order chi connectivity index (χ1) is 8.81. The SMILES string of the molecule is CNCC1CN(C(=O)C2CCCCCC2)CCO1. The van der Waals surface area contributed by atoms with Crippen molar-refractivity contribution in [3.63, 3.8) is 0 Å². The normalized spacial score (nSPS) is 26.9. The number of rotatable bonds is 3. The average molecular weight is 254 g/mol. The van der Waals surface area contributed by atoms with Gasteiger partial charge in [-0.25, -0.2) is 0 Å². The molecule has 2 rings (SSSR count). The fourth-order valence-electron chi connectivity index (χ4n) is 3.06. The molecule has 1 atom stereocenters. The zero-order chi connectivity index (χ0) is 12.8. The molecule has 0 radical (unpaired) electrons. The van der Waals surface area contributed by atoms with E-state index in [1.165, 1.54) is 25.7 Å². The maximum Gasteiger partial charge on any atom is 0.225 e. The van der Waals surface area contributed by atoms with Crippen molar-refractivity contribution in [2.75, 3.05) is 33.3 Å². The highest BCUT2D eigenvalue weighted by Crippen LogP contribution is 2.25. The van der Waals surface area contributed by atoms with Gasteiger partial charge in [0.15, 0.2) is 0 Å². The highest BCUT2D eigenvalue weighted by molar-refractivity contribution is 5.79. The highest BCUT2D eigenvalue weighted by atomic mass is 16.5. The third kappa shape index (κ3) is 3.69. The molecule has 1 aliphatic carbocycles. The lowest BCUT2D eigenvalue weighted by molar-refractivity contribution is -0.143. The molecule has 18 heavy (non-hydrogen) atoms. The molecule has 1 heterocycles. The van der Waals surface area contributed by atoms with Crippen molar-refractivity contribution >= 4 is 5.91 Å². The van der Waals surface area contributed by atoms with Gasteiger partial charge in [-0.15, -0.1) is 0 Å². The Balaban J connectivity index is 1.86. The van der Waals surface area contributed by atoms with Crippen LogP contribution < -0.4 is 5.32 Å². The van der Waals surface area contributed by atoms with Gasteiger partial charge in [-0.05, 0) is 19.9 Å². The van der Waals surface area contributed by atoms with Crippen molar-refractivity contribution < 1.29 is 9.53 Å². The smallest absolute Gasteiger partial charge is 0.225 e. The lowest BCUT2D eigenvalue weighted by Crippen LogP contribution is -2.50. The highest BCUT2D eigenvalue weighted by Gasteiger charge is 2.29. The van der Waals surface area contributed by atoms with E-state index in [4.69, 9.17) is 4.74 Å². The first kappa shape index (κ1) is 13.8. The minimum Gasteiger partial charge on any atom is -0.373 e. The van der Waals surface area contributed by atoms with Crippen LogP contribution in [-0.4, -0.2) is 50.2 Å². The zero-order valence-electron chi connectivity index (χ0n) is 11.5. The third-order valence-corrected chi connectivity index (χ3v) is 4.09. The fraction of sp³-hybridized carbons (Fsp3) is 0.929. The van der Waals surface area contributed by atoms with Gasteiger partial charge in [-0.2, -0.15) is 0 Å². The topological polar surface area (TPSA) is 41.6 Å². The fourth-order valence-corrected chi connectivity index (χ4v) is 3.06. The second-order valence-corrected chi connectivity index (χ2v) is 5.52. The van der Waals surface area contributed by atoms with Gasteiger partial charge in [-0.1, -0.05) is 25.7 Å². The summed E-state index contributed by atoms with van der Waals surface area (Å²) in [5.41, 5.74) is 0. The van der Waals surface area contributed by atoms with Crippen molar-refractivity contribution in [3.05, 3.63) is 0 Å². The number of carbonyl (C=O) groups excluding carboxylic acids is 1. The van der Waals surface area contributed by atoms with Gasteiger partial charge in [0.05, 0.1) is 12.7 Å². The van der Waals surface area contributed by atoms with Gasteiger partial charge in [-0.3, -0.25) is 4.79 Å². The summed E-state index contributed by atoms with van der Waals surface area (Å²) < 4.78 is 5.65. The second kappa shape index (κ2) is 7.10. The number of likely N-dealkylation sites (N-methyl/N-ethyl adjacent to an activating group) is 1. The number of ether oxygens (including phenoxy) is 1. The van der Waals surface area contributed by atoms with E-state index < -0.39 is 0 Å². The predicted molar refractivity (Wildman–Crippen MR) is 71.4 cm³/mol. The Labute approximate surface area is 110 Å². The van der Waals surface area contributed by atoms with E-state index >= 15 is 0 Å². The first-order valence-electron chi connectivity index (χ1n) is 7.36. The molecule has 1 N–H and O–H groups in total. The maximum absolute atomic E-state index is 12.5. The van der Waals surface area contributed by atoms with Crippen LogP contribution in [0.4, 0.5) is 0 Å². The van der Waals surface area contributed by atoms with Crippen LogP contribution in [0.2, 0.25) is 0 Å². The van der Waals surface area contributed by atoms with E-state index in [0.717, 1.165) is 32.5 Å². The standard InChI is InChI=1S/C14H26N2O2/c1-15-10-13-11-16(8-9-18-13)14(17)12-6-4-2-3-5-7-12/h12-13,15H,2-11H2,1H3. The van der Waals surface area contributed by atoms with Crippen LogP contribution in [0.25, 0.3) is 0 Å². The molecule has 0 aromatic carbocycles. The van der Waals surface area contributed by atoms with E-state index in [1.54, 1.807) is 0 Å². The van der Waals surface area contributed by atoms with Gasteiger partial charge in [0.25, 0.3) is 0 Å². The van der Waals surface area contributed by atoms with Crippen LogP contribution in [0.3, 0.4) is 0 Å². The van der Waals surface area contributed by atoms with Gasteiger partial charge in [0, 0.05) is 25.6 Å². The lowest BCUT2D eigenvalue weighted by atomic mass is 9.98. The molecular formula is C14H26N2O2. The van der Waals surface area contributed by atoms with E-state index in [1.807, 2.05) is 11.9 Å². The van der Waals surface area contributed by atoms with Crippen LogP contribution in [0, 0.1) is 5.92 Å². The van der Waals surface area contributed by atoms with Crippen molar-refractivity contribution in [1.82, 2.24) is 10.2 Å². The minimum atomic E-state index is 0.165. The Morgan fingerprint density at radius 2 is 2.00 bits per heavy atom. The second-order valence-electron chi connectivity index (χ2n) is 5.52. The molecule has 0 aromatic rings. The summed E-state index contributed by atoms with van der Waals surface area (Å²) in [4.78, 5) is 14.5. The summed E-state index contributed by atoms with van der Waals surface area (Å²) in [6.07, 6.45) is 7.39. The summed E-state index contributed by atoms with van der Waals surface area (Å²) in [7, 11) is 1.93. The van der Waals surface area contributed by atoms with Crippen molar-refractivity contribution in [2.45, 2.75) is 44.6 Å². The molecule has 1 amide bonds. The lowest BCUT2D eigenvalue weighted by Gasteiger charge is -2.35. The Kier molecular flexibility index (Phi) is 5.45.